The summed E-state index contributed by atoms with van der Waals surface area (Å²) in [6.45, 7) is 5.13. The molecule has 0 saturated carbocycles. The minimum Gasteiger partial charge on any atom is -0.391 e. The molecule has 0 bridgehead atoms. The van der Waals surface area contributed by atoms with Crippen molar-refractivity contribution in [3.63, 3.8) is 0 Å². The topological polar surface area (TPSA) is 58.4 Å². The van der Waals surface area contributed by atoms with Crippen molar-refractivity contribution in [3.05, 3.63) is 47.3 Å². The van der Waals surface area contributed by atoms with Gasteiger partial charge in [0.25, 0.3) is 0 Å². The van der Waals surface area contributed by atoms with E-state index in [9.17, 15) is 9.90 Å². The Labute approximate surface area is 136 Å². The van der Waals surface area contributed by atoms with E-state index in [1.807, 2.05) is 48.9 Å². The molecule has 1 aliphatic heterocycles. The number of aliphatic hydroxyl groups is 1. The van der Waals surface area contributed by atoms with Crippen molar-refractivity contribution >= 4 is 5.91 Å². The van der Waals surface area contributed by atoms with Gasteiger partial charge in [-0.05, 0) is 38.8 Å². The smallest absolute Gasteiger partial charge is 0.227 e. The maximum Gasteiger partial charge on any atom is 0.227 e. The molecular weight excluding hydrogens is 290 g/mol. The minimum absolute atomic E-state index is 0.0718. The maximum atomic E-state index is 12.5. The first-order valence-corrected chi connectivity index (χ1v) is 8.12. The fraction of sp³-hybridized carbons (Fsp3) is 0.444. The Kier molecular flexibility index (Phi) is 4.48. The number of carbonyl (C=O) groups is 1. The largest absolute Gasteiger partial charge is 0.391 e. The van der Waals surface area contributed by atoms with Crippen molar-refractivity contribution in [3.8, 4) is 5.69 Å². The van der Waals surface area contributed by atoms with Crippen molar-refractivity contribution in [2.24, 2.45) is 0 Å². The molecule has 1 atom stereocenters. The molecule has 5 heteroatoms. The van der Waals surface area contributed by atoms with Gasteiger partial charge in [0.15, 0.2) is 0 Å². The molecule has 3 rings (SSSR count). The van der Waals surface area contributed by atoms with Gasteiger partial charge in [-0.2, -0.15) is 5.10 Å². The Balaban J connectivity index is 1.81. The molecule has 0 aliphatic carbocycles. The molecule has 0 spiro atoms. The number of aliphatic hydroxyl groups excluding tert-OH is 1. The van der Waals surface area contributed by atoms with Crippen molar-refractivity contribution in [2.75, 3.05) is 13.1 Å². The summed E-state index contributed by atoms with van der Waals surface area (Å²) in [4.78, 5) is 14.3. The van der Waals surface area contributed by atoms with E-state index in [0.29, 0.717) is 13.0 Å². The van der Waals surface area contributed by atoms with E-state index in [1.165, 1.54) is 0 Å². The van der Waals surface area contributed by atoms with Crippen LogP contribution in [-0.4, -0.2) is 44.9 Å². The van der Waals surface area contributed by atoms with Crippen LogP contribution >= 0.6 is 0 Å². The third kappa shape index (κ3) is 3.29. The van der Waals surface area contributed by atoms with Crippen molar-refractivity contribution < 1.29 is 9.90 Å². The Morgan fingerprint density at radius 1 is 1.30 bits per heavy atom. The summed E-state index contributed by atoms with van der Waals surface area (Å²) in [7, 11) is 0. The maximum absolute atomic E-state index is 12.5. The normalized spacial score (nSPS) is 18.2. The van der Waals surface area contributed by atoms with Gasteiger partial charge in [-0.15, -0.1) is 0 Å². The van der Waals surface area contributed by atoms with E-state index in [2.05, 4.69) is 5.10 Å². The quantitative estimate of drug-likeness (QED) is 0.943. The summed E-state index contributed by atoms with van der Waals surface area (Å²) in [6.07, 6.45) is 1.61. The number of amides is 1. The van der Waals surface area contributed by atoms with Crippen molar-refractivity contribution in [2.45, 2.75) is 39.2 Å². The highest BCUT2D eigenvalue weighted by Crippen LogP contribution is 2.20. The van der Waals surface area contributed by atoms with Crippen LogP contribution in [-0.2, 0) is 11.2 Å². The number of aromatic nitrogens is 2. The highest BCUT2D eigenvalue weighted by molar-refractivity contribution is 5.79. The lowest BCUT2D eigenvalue weighted by Crippen LogP contribution is -2.42. The molecular formula is C18H23N3O2. The van der Waals surface area contributed by atoms with Crippen LogP contribution in [0.4, 0.5) is 0 Å². The summed E-state index contributed by atoms with van der Waals surface area (Å²) in [5, 5.41) is 14.3. The Bertz CT molecular complexity index is 694. The molecule has 1 unspecified atom stereocenters. The van der Waals surface area contributed by atoms with Gasteiger partial charge in [-0.1, -0.05) is 18.2 Å². The molecule has 122 valence electrons. The molecule has 0 radical (unpaired) electrons. The van der Waals surface area contributed by atoms with Gasteiger partial charge in [-0.3, -0.25) is 4.79 Å². The number of piperidine rings is 1. The molecule has 1 saturated heterocycles. The number of rotatable bonds is 3. The molecule has 2 aromatic rings. The summed E-state index contributed by atoms with van der Waals surface area (Å²) in [6, 6.07) is 9.94. The van der Waals surface area contributed by atoms with E-state index in [4.69, 9.17) is 0 Å². The average molecular weight is 313 g/mol. The third-order valence-electron chi connectivity index (χ3n) is 4.52. The lowest BCUT2D eigenvalue weighted by molar-refractivity contribution is -0.133. The van der Waals surface area contributed by atoms with Crippen LogP contribution in [0, 0.1) is 13.8 Å². The summed E-state index contributed by atoms with van der Waals surface area (Å²) in [5.74, 6) is 0.0718. The highest BCUT2D eigenvalue weighted by Gasteiger charge is 2.24. The molecule has 1 fully saturated rings. The molecule has 1 aromatic heterocycles. The van der Waals surface area contributed by atoms with Gasteiger partial charge in [0.05, 0.1) is 23.9 Å². The molecule has 2 heterocycles. The van der Waals surface area contributed by atoms with Gasteiger partial charge in [0, 0.05) is 24.3 Å². The minimum atomic E-state index is -0.387. The third-order valence-corrected chi connectivity index (χ3v) is 4.52. The fourth-order valence-electron chi connectivity index (χ4n) is 3.20. The van der Waals surface area contributed by atoms with Crippen LogP contribution in [0.1, 0.15) is 29.8 Å². The lowest BCUT2D eigenvalue weighted by atomic mass is 10.1. The summed E-state index contributed by atoms with van der Waals surface area (Å²) < 4.78 is 1.89. The van der Waals surface area contributed by atoms with Crippen LogP contribution in [0.5, 0.6) is 0 Å². The monoisotopic (exact) mass is 313 g/mol. The average Bonchev–Trinajstić information content (AvgIpc) is 2.84. The summed E-state index contributed by atoms with van der Waals surface area (Å²) >= 11 is 0. The first kappa shape index (κ1) is 15.7. The second kappa shape index (κ2) is 6.54. The Morgan fingerprint density at radius 2 is 2.04 bits per heavy atom. The molecule has 1 N–H and O–H groups in total. The molecule has 1 aromatic carbocycles. The van der Waals surface area contributed by atoms with Crippen LogP contribution in [0.3, 0.4) is 0 Å². The predicted molar refractivity (Wildman–Crippen MR) is 88.6 cm³/mol. The van der Waals surface area contributed by atoms with E-state index >= 15 is 0 Å². The predicted octanol–water partition coefficient (Wildman–Crippen LogP) is 2.01. The second-order valence-corrected chi connectivity index (χ2v) is 6.21. The number of hydrogen-bond acceptors (Lipinski definition) is 3. The van der Waals surface area contributed by atoms with Gasteiger partial charge in [0.2, 0.25) is 5.91 Å². The van der Waals surface area contributed by atoms with Crippen LogP contribution in [0.2, 0.25) is 0 Å². The van der Waals surface area contributed by atoms with E-state index in [0.717, 1.165) is 42.0 Å². The van der Waals surface area contributed by atoms with Crippen molar-refractivity contribution in [1.29, 1.82) is 0 Å². The number of likely N-dealkylation sites (tertiary alicyclic amines) is 1. The van der Waals surface area contributed by atoms with Gasteiger partial charge in [-0.25, -0.2) is 4.68 Å². The summed E-state index contributed by atoms with van der Waals surface area (Å²) in [5.41, 5.74) is 3.87. The molecule has 23 heavy (non-hydrogen) atoms. The zero-order valence-corrected chi connectivity index (χ0v) is 13.7. The number of benzene rings is 1. The van der Waals surface area contributed by atoms with Crippen LogP contribution in [0.25, 0.3) is 5.69 Å². The molecule has 5 nitrogen and oxygen atoms in total. The SMILES string of the molecule is Cc1nn(-c2ccccc2)c(C)c1CC(=O)N1CCCC(O)C1. The van der Waals surface area contributed by atoms with Gasteiger partial charge in [0.1, 0.15) is 0 Å². The number of aryl methyl sites for hydroxylation is 1. The van der Waals surface area contributed by atoms with Crippen LogP contribution < -0.4 is 0 Å². The van der Waals surface area contributed by atoms with Gasteiger partial charge >= 0.3 is 0 Å². The van der Waals surface area contributed by atoms with E-state index in [-0.39, 0.29) is 12.0 Å². The number of carbonyl (C=O) groups excluding carboxylic acids is 1. The lowest BCUT2D eigenvalue weighted by Gasteiger charge is -2.30. The van der Waals surface area contributed by atoms with E-state index < -0.39 is 0 Å². The standard InChI is InChI=1S/C18H23N3O2/c1-13-17(11-18(23)20-10-6-9-16(22)12-20)14(2)21(19-13)15-7-4-3-5-8-15/h3-5,7-8,16,22H,6,9-12H2,1-2H3. The number of nitrogens with zero attached hydrogens (tertiary/aromatic N) is 3. The van der Waals surface area contributed by atoms with Crippen molar-refractivity contribution in [1.82, 2.24) is 14.7 Å². The zero-order valence-electron chi connectivity index (χ0n) is 13.7. The molecule has 1 aliphatic rings. The number of para-hydroxylation sites is 1. The Hall–Kier alpha value is -2.14. The number of hydrogen-bond donors (Lipinski definition) is 1. The molecule has 1 amide bonds. The second-order valence-electron chi connectivity index (χ2n) is 6.21. The first-order chi connectivity index (χ1) is 11.1. The Morgan fingerprint density at radius 3 is 2.74 bits per heavy atom. The fourth-order valence-corrected chi connectivity index (χ4v) is 3.20. The van der Waals surface area contributed by atoms with Gasteiger partial charge < -0.3 is 10.0 Å². The first-order valence-electron chi connectivity index (χ1n) is 8.12. The zero-order chi connectivity index (χ0) is 16.4. The van der Waals surface area contributed by atoms with E-state index in [1.54, 1.807) is 4.90 Å². The van der Waals surface area contributed by atoms with Crippen LogP contribution in [0.15, 0.2) is 30.3 Å². The highest BCUT2D eigenvalue weighted by atomic mass is 16.3. The number of β-amino-alcohol motifs (C(OH)–C–C–N with tert-alkyl or cyclic N) is 1.